The van der Waals surface area contributed by atoms with Crippen LogP contribution in [0.1, 0.15) is 16.8 Å². The van der Waals surface area contributed by atoms with E-state index in [0.717, 1.165) is 16.5 Å². The normalized spacial score (nSPS) is 13.2. The van der Waals surface area contributed by atoms with Crippen molar-refractivity contribution in [3.63, 3.8) is 0 Å². The first-order chi connectivity index (χ1) is 13.2. The minimum Gasteiger partial charge on any atom is -0.490 e. The number of aromatic nitrogens is 2. The summed E-state index contributed by atoms with van der Waals surface area (Å²) in [6.07, 6.45) is 0.824. The van der Waals surface area contributed by atoms with Crippen LogP contribution in [-0.4, -0.2) is 34.9 Å². The van der Waals surface area contributed by atoms with Crippen molar-refractivity contribution in [2.75, 3.05) is 19.0 Å². The Morgan fingerprint density at radius 2 is 1.89 bits per heavy atom. The fraction of sp³-hybridized carbons (Fsp3) is 0.211. The zero-order chi connectivity index (χ0) is 18.6. The van der Waals surface area contributed by atoms with Crippen molar-refractivity contribution in [2.24, 2.45) is 0 Å². The number of ketones is 1. The molecule has 2 heterocycles. The Kier molecular flexibility index (Phi) is 5.45. The highest BCUT2D eigenvalue weighted by atomic mass is 79.9. The van der Waals surface area contributed by atoms with Crippen LogP contribution in [0.3, 0.4) is 0 Å². The number of fused-ring (bicyclic) bond motifs is 1. The van der Waals surface area contributed by atoms with Crippen LogP contribution >= 0.6 is 27.7 Å². The molecule has 0 fully saturated rings. The molecule has 1 aromatic heterocycles. The Hall–Kier alpha value is -2.32. The Bertz CT molecular complexity index is 976. The highest BCUT2D eigenvalue weighted by molar-refractivity contribution is 9.10. The molecule has 0 saturated carbocycles. The van der Waals surface area contributed by atoms with E-state index in [1.165, 1.54) is 11.8 Å². The van der Waals surface area contributed by atoms with E-state index in [9.17, 15) is 4.79 Å². The van der Waals surface area contributed by atoms with Crippen molar-refractivity contribution in [3.8, 4) is 23.0 Å². The van der Waals surface area contributed by atoms with E-state index in [0.29, 0.717) is 41.4 Å². The molecule has 0 aliphatic carbocycles. The first kappa shape index (κ1) is 18.1. The molecule has 27 heavy (non-hydrogen) atoms. The predicted molar refractivity (Wildman–Crippen MR) is 105 cm³/mol. The second-order valence-electron chi connectivity index (χ2n) is 5.78. The SMILES string of the molecule is O=C(CSc1nnc(-c2ccccc2Br)o1)c1ccc2c(c1)OCCCO2. The Balaban J connectivity index is 1.43. The molecule has 2 aromatic carbocycles. The van der Waals surface area contributed by atoms with Crippen LogP contribution in [0.4, 0.5) is 0 Å². The lowest BCUT2D eigenvalue weighted by molar-refractivity contribution is 0.102. The predicted octanol–water partition coefficient (Wildman–Crippen LogP) is 4.64. The number of benzene rings is 2. The minimum absolute atomic E-state index is 0.0451. The van der Waals surface area contributed by atoms with Crippen LogP contribution in [0.15, 0.2) is 56.6 Å². The molecule has 0 unspecified atom stereocenters. The van der Waals surface area contributed by atoms with Crippen molar-refractivity contribution in [3.05, 3.63) is 52.5 Å². The molecule has 0 N–H and O–H groups in total. The van der Waals surface area contributed by atoms with Gasteiger partial charge in [-0.15, -0.1) is 10.2 Å². The summed E-state index contributed by atoms with van der Waals surface area (Å²) >= 11 is 4.67. The van der Waals surface area contributed by atoms with Gasteiger partial charge in [-0.1, -0.05) is 23.9 Å². The van der Waals surface area contributed by atoms with Gasteiger partial charge >= 0.3 is 0 Å². The molecule has 0 saturated heterocycles. The maximum Gasteiger partial charge on any atom is 0.277 e. The molecule has 6 nitrogen and oxygen atoms in total. The smallest absolute Gasteiger partial charge is 0.277 e. The maximum absolute atomic E-state index is 12.5. The summed E-state index contributed by atoms with van der Waals surface area (Å²) in [6.45, 7) is 1.20. The summed E-state index contributed by atoms with van der Waals surface area (Å²) in [7, 11) is 0. The van der Waals surface area contributed by atoms with Gasteiger partial charge in [0.15, 0.2) is 17.3 Å². The van der Waals surface area contributed by atoms with E-state index in [1.54, 1.807) is 18.2 Å². The number of halogens is 1. The second-order valence-corrected chi connectivity index (χ2v) is 7.56. The lowest BCUT2D eigenvalue weighted by atomic mass is 10.1. The first-order valence-corrected chi connectivity index (χ1v) is 10.1. The summed E-state index contributed by atoms with van der Waals surface area (Å²) < 4.78 is 17.8. The quantitative estimate of drug-likeness (QED) is 0.417. The van der Waals surface area contributed by atoms with Crippen molar-refractivity contribution in [2.45, 2.75) is 11.6 Å². The highest BCUT2D eigenvalue weighted by Gasteiger charge is 2.16. The van der Waals surface area contributed by atoms with Crippen LogP contribution in [0.25, 0.3) is 11.5 Å². The number of rotatable bonds is 5. The van der Waals surface area contributed by atoms with Gasteiger partial charge in [0.05, 0.1) is 24.5 Å². The molecule has 0 amide bonds. The number of hydrogen-bond acceptors (Lipinski definition) is 7. The molecule has 0 atom stereocenters. The molecular formula is C19H15BrN2O4S. The van der Waals surface area contributed by atoms with Gasteiger partial charge in [0.2, 0.25) is 5.89 Å². The molecule has 4 rings (SSSR count). The van der Waals surface area contributed by atoms with Gasteiger partial charge in [0.25, 0.3) is 5.22 Å². The van der Waals surface area contributed by atoms with Gasteiger partial charge in [0.1, 0.15) is 0 Å². The molecular weight excluding hydrogens is 432 g/mol. The summed E-state index contributed by atoms with van der Waals surface area (Å²) in [5, 5.41) is 8.41. The van der Waals surface area contributed by atoms with Crippen molar-refractivity contribution < 1.29 is 18.7 Å². The van der Waals surface area contributed by atoms with Crippen molar-refractivity contribution in [1.82, 2.24) is 10.2 Å². The average Bonchev–Trinajstić information content (AvgIpc) is 3.03. The number of thioether (sulfide) groups is 1. The third kappa shape index (κ3) is 4.17. The molecule has 8 heteroatoms. The highest BCUT2D eigenvalue weighted by Crippen LogP contribution is 2.32. The Labute approximate surface area is 168 Å². The molecule has 138 valence electrons. The molecule has 0 radical (unpaired) electrons. The summed E-state index contributed by atoms with van der Waals surface area (Å²) in [5.41, 5.74) is 1.38. The second kappa shape index (κ2) is 8.14. The summed E-state index contributed by atoms with van der Waals surface area (Å²) in [4.78, 5) is 12.5. The van der Waals surface area contributed by atoms with Crippen LogP contribution < -0.4 is 9.47 Å². The van der Waals surface area contributed by atoms with Gasteiger partial charge in [-0.2, -0.15) is 0 Å². The third-order valence-electron chi connectivity index (χ3n) is 3.91. The van der Waals surface area contributed by atoms with E-state index < -0.39 is 0 Å². The zero-order valence-corrected chi connectivity index (χ0v) is 16.6. The fourth-order valence-electron chi connectivity index (χ4n) is 2.56. The summed E-state index contributed by atoms with van der Waals surface area (Å²) in [5.74, 6) is 1.84. The monoisotopic (exact) mass is 446 g/mol. The van der Waals surface area contributed by atoms with Crippen LogP contribution in [0, 0.1) is 0 Å². The number of carbonyl (C=O) groups excluding carboxylic acids is 1. The number of hydrogen-bond donors (Lipinski definition) is 0. The lowest BCUT2D eigenvalue weighted by Gasteiger charge is -2.08. The van der Waals surface area contributed by atoms with Gasteiger partial charge in [-0.05, 0) is 46.3 Å². The van der Waals surface area contributed by atoms with E-state index in [1.807, 2.05) is 24.3 Å². The topological polar surface area (TPSA) is 74.5 Å². The van der Waals surface area contributed by atoms with Gasteiger partial charge in [-0.25, -0.2) is 0 Å². The maximum atomic E-state index is 12.5. The first-order valence-electron chi connectivity index (χ1n) is 8.35. The number of nitrogens with zero attached hydrogens (tertiary/aromatic N) is 2. The van der Waals surface area contributed by atoms with Crippen LogP contribution in [0.2, 0.25) is 0 Å². The van der Waals surface area contributed by atoms with E-state index in [4.69, 9.17) is 13.9 Å². The molecule has 0 bridgehead atoms. The molecule has 3 aromatic rings. The number of ether oxygens (including phenoxy) is 2. The van der Waals surface area contributed by atoms with Gasteiger partial charge in [-0.3, -0.25) is 4.79 Å². The Morgan fingerprint density at radius 1 is 1.07 bits per heavy atom. The fourth-order valence-corrected chi connectivity index (χ4v) is 3.67. The minimum atomic E-state index is -0.0451. The number of Topliss-reactive ketones (excluding diaryl/α,β-unsaturated/α-hetero) is 1. The van der Waals surface area contributed by atoms with E-state index in [2.05, 4.69) is 26.1 Å². The van der Waals surface area contributed by atoms with Crippen molar-refractivity contribution in [1.29, 1.82) is 0 Å². The average molecular weight is 447 g/mol. The zero-order valence-electron chi connectivity index (χ0n) is 14.2. The standard InChI is InChI=1S/C19H15BrN2O4S/c20-14-5-2-1-4-13(14)18-21-22-19(26-18)27-11-15(23)12-6-7-16-17(10-12)25-9-3-8-24-16/h1-2,4-7,10H,3,8-9,11H2. The molecule has 0 spiro atoms. The largest absolute Gasteiger partial charge is 0.490 e. The van der Waals surface area contributed by atoms with Crippen molar-refractivity contribution >= 4 is 33.5 Å². The van der Waals surface area contributed by atoms with E-state index in [-0.39, 0.29) is 11.5 Å². The lowest BCUT2D eigenvalue weighted by Crippen LogP contribution is -2.03. The summed E-state index contributed by atoms with van der Waals surface area (Å²) in [6, 6.07) is 12.8. The molecule has 1 aliphatic rings. The Morgan fingerprint density at radius 3 is 2.74 bits per heavy atom. The molecule has 1 aliphatic heterocycles. The van der Waals surface area contributed by atoms with E-state index >= 15 is 0 Å². The third-order valence-corrected chi connectivity index (χ3v) is 5.42. The number of carbonyl (C=O) groups is 1. The van der Waals surface area contributed by atoms with Crippen LogP contribution in [0.5, 0.6) is 11.5 Å². The van der Waals surface area contributed by atoms with Crippen LogP contribution in [-0.2, 0) is 0 Å². The van der Waals surface area contributed by atoms with Gasteiger partial charge < -0.3 is 13.9 Å². The van der Waals surface area contributed by atoms with Gasteiger partial charge in [0, 0.05) is 16.5 Å².